The normalized spacial score (nSPS) is 9.28. The molecule has 2 amide bonds. The number of nitrogens with zero attached hydrogens (tertiary/aromatic N) is 1. The molecule has 0 saturated heterocycles. The Morgan fingerprint density at radius 1 is 1.39 bits per heavy atom. The maximum Gasteiger partial charge on any atom is 0.328 e. The van der Waals surface area contributed by atoms with E-state index in [1.807, 2.05) is 39.0 Å². The summed E-state index contributed by atoms with van der Waals surface area (Å²) in [5.74, 6) is -0.284. The van der Waals surface area contributed by atoms with E-state index in [0.717, 1.165) is 11.1 Å². The van der Waals surface area contributed by atoms with E-state index in [-0.39, 0.29) is 24.4 Å². The molecule has 0 aliphatic rings. The van der Waals surface area contributed by atoms with Crippen molar-refractivity contribution < 1.29 is 4.79 Å². The van der Waals surface area contributed by atoms with Crippen molar-refractivity contribution in [3.63, 3.8) is 0 Å². The van der Waals surface area contributed by atoms with E-state index in [1.54, 1.807) is 0 Å². The van der Waals surface area contributed by atoms with E-state index < -0.39 is 0 Å². The monoisotopic (exact) mass is 270 g/mol. The molecular weight excluding hydrogens is 252 g/mol. The van der Waals surface area contributed by atoms with Gasteiger partial charge in [0.15, 0.2) is 0 Å². The van der Waals surface area contributed by atoms with Crippen LogP contribution in [0.1, 0.15) is 18.1 Å². The number of halogens is 1. The third-order valence-corrected chi connectivity index (χ3v) is 2.44. The topological polar surface area (TPSA) is 82.2 Å². The molecule has 0 spiro atoms. The average molecular weight is 271 g/mol. The Balaban J connectivity index is 0.00000289. The quantitative estimate of drug-likeness (QED) is 0.568. The van der Waals surface area contributed by atoms with Crippen LogP contribution in [0.4, 0.5) is 10.5 Å². The third-order valence-electron chi connectivity index (χ3n) is 2.44. The summed E-state index contributed by atoms with van der Waals surface area (Å²) in [6, 6.07) is 5.30. The molecule has 1 rings (SSSR count). The molecule has 100 valence electrons. The molecule has 1 aromatic rings. The number of amides is 2. The fourth-order valence-corrected chi connectivity index (χ4v) is 1.72. The minimum atomic E-state index is -0.377. The lowest BCUT2D eigenvalue weighted by atomic mass is 10.1. The lowest BCUT2D eigenvalue weighted by Gasteiger charge is -2.24. The maximum atomic E-state index is 11.9. The first-order chi connectivity index (χ1) is 7.99. The van der Waals surface area contributed by atoms with Crippen LogP contribution in [0.25, 0.3) is 0 Å². The minimum Gasteiger partial charge on any atom is -0.369 e. The summed E-state index contributed by atoms with van der Waals surface area (Å²) in [5.41, 5.74) is 7.98. The zero-order valence-electron chi connectivity index (χ0n) is 10.8. The zero-order chi connectivity index (χ0) is 13.0. The number of hydrogen-bond donors (Lipinski definition) is 3. The Labute approximate surface area is 113 Å². The zero-order valence-corrected chi connectivity index (χ0v) is 11.6. The summed E-state index contributed by atoms with van der Waals surface area (Å²) in [5, 5.41) is 10.2. The lowest BCUT2D eigenvalue weighted by molar-refractivity contribution is 0.249. The number of anilines is 1. The Bertz CT molecular complexity index is 427. The lowest BCUT2D eigenvalue weighted by Crippen LogP contribution is -2.47. The molecule has 6 heteroatoms. The van der Waals surface area contributed by atoms with E-state index >= 15 is 0 Å². The summed E-state index contributed by atoms with van der Waals surface area (Å²) in [7, 11) is 0. The maximum absolute atomic E-state index is 11.9. The molecule has 0 unspecified atom stereocenters. The van der Waals surface area contributed by atoms with Gasteiger partial charge in [0.05, 0.1) is 5.69 Å². The number of nitrogens with two attached hydrogens (primary N) is 1. The van der Waals surface area contributed by atoms with Gasteiger partial charge in [-0.1, -0.05) is 18.2 Å². The van der Waals surface area contributed by atoms with Gasteiger partial charge in [0.2, 0.25) is 5.96 Å². The van der Waals surface area contributed by atoms with Crippen molar-refractivity contribution in [2.75, 3.05) is 11.4 Å². The van der Waals surface area contributed by atoms with E-state index in [1.165, 1.54) is 4.90 Å². The Kier molecular flexibility index (Phi) is 6.19. The molecule has 0 aliphatic heterocycles. The molecule has 18 heavy (non-hydrogen) atoms. The van der Waals surface area contributed by atoms with Crippen LogP contribution in [-0.4, -0.2) is 18.5 Å². The molecule has 0 saturated carbocycles. The summed E-state index contributed by atoms with van der Waals surface area (Å²) < 4.78 is 0. The van der Waals surface area contributed by atoms with Crippen molar-refractivity contribution in [3.8, 4) is 0 Å². The molecule has 0 aromatic heterocycles. The number of nitrogens with one attached hydrogen (secondary N) is 2. The van der Waals surface area contributed by atoms with Gasteiger partial charge in [0, 0.05) is 6.54 Å². The van der Waals surface area contributed by atoms with Crippen LogP contribution in [0.3, 0.4) is 0 Å². The molecule has 1 aromatic carbocycles. The standard InChI is InChI=1S/C12H18N4O.ClH/c1-4-15-12(17)16(11(13)14)10-8(2)6-5-7-9(10)3;/h5-7H,4H2,1-3H3,(H3,13,14)(H,15,17);1H. The highest BCUT2D eigenvalue weighted by atomic mass is 35.5. The van der Waals surface area contributed by atoms with Gasteiger partial charge in [-0.05, 0) is 31.9 Å². The van der Waals surface area contributed by atoms with Crippen molar-refractivity contribution >= 4 is 30.1 Å². The van der Waals surface area contributed by atoms with Crippen molar-refractivity contribution in [2.24, 2.45) is 5.73 Å². The van der Waals surface area contributed by atoms with E-state index in [9.17, 15) is 4.79 Å². The van der Waals surface area contributed by atoms with Crippen LogP contribution in [0.15, 0.2) is 18.2 Å². The number of urea groups is 1. The molecule has 4 N–H and O–H groups in total. The van der Waals surface area contributed by atoms with E-state index in [4.69, 9.17) is 11.1 Å². The fraction of sp³-hybridized carbons (Fsp3) is 0.333. The molecule has 0 bridgehead atoms. The second-order valence-corrected chi connectivity index (χ2v) is 3.80. The van der Waals surface area contributed by atoms with Gasteiger partial charge in [0.25, 0.3) is 0 Å². The smallest absolute Gasteiger partial charge is 0.328 e. The first-order valence-corrected chi connectivity index (χ1v) is 5.47. The summed E-state index contributed by atoms with van der Waals surface area (Å²) >= 11 is 0. The number of hydrogen-bond acceptors (Lipinski definition) is 2. The van der Waals surface area contributed by atoms with Gasteiger partial charge in [-0.3, -0.25) is 5.41 Å². The summed E-state index contributed by atoms with van der Waals surface area (Å²) in [6.07, 6.45) is 0. The molecule has 0 heterocycles. The summed E-state index contributed by atoms with van der Waals surface area (Å²) in [6.45, 7) is 6.09. The Morgan fingerprint density at radius 3 is 2.28 bits per heavy atom. The fourth-order valence-electron chi connectivity index (χ4n) is 1.72. The van der Waals surface area contributed by atoms with Crippen LogP contribution in [-0.2, 0) is 0 Å². The molecule has 0 fully saturated rings. The average Bonchev–Trinajstić information content (AvgIpc) is 2.23. The molecular formula is C12H19ClN4O. The Hall–Kier alpha value is -1.75. The second kappa shape index (κ2) is 6.86. The highest BCUT2D eigenvalue weighted by Gasteiger charge is 2.21. The predicted molar refractivity (Wildman–Crippen MR) is 76.6 cm³/mol. The largest absolute Gasteiger partial charge is 0.369 e. The number of rotatable bonds is 2. The number of carbonyl (C=O) groups excluding carboxylic acids is 1. The molecule has 0 radical (unpaired) electrons. The SMILES string of the molecule is CCNC(=O)N(C(=N)N)c1c(C)cccc1C.Cl. The van der Waals surface area contributed by atoms with Gasteiger partial charge in [-0.15, -0.1) is 12.4 Å². The van der Waals surface area contributed by atoms with Crippen LogP contribution < -0.4 is 16.0 Å². The number of aryl methyl sites for hydroxylation is 2. The van der Waals surface area contributed by atoms with Gasteiger partial charge in [0.1, 0.15) is 0 Å². The van der Waals surface area contributed by atoms with E-state index in [2.05, 4.69) is 5.32 Å². The Morgan fingerprint density at radius 2 is 1.89 bits per heavy atom. The van der Waals surface area contributed by atoms with Crippen LogP contribution in [0.5, 0.6) is 0 Å². The van der Waals surface area contributed by atoms with Crippen molar-refractivity contribution in [1.29, 1.82) is 5.41 Å². The van der Waals surface area contributed by atoms with Crippen LogP contribution in [0.2, 0.25) is 0 Å². The predicted octanol–water partition coefficient (Wildman–Crippen LogP) is 2.15. The van der Waals surface area contributed by atoms with Crippen molar-refractivity contribution in [1.82, 2.24) is 5.32 Å². The second-order valence-electron chi connectivity index (χ2n) is 3.80. The summed E-state index contributed by atoms with van der Waals surface area (Å²) in [4.78, 5) is 13.1. The third kappa shape index (κ3) is 3.37. The van der Waals surface area contributed by atoms with Crippen molar-refractivity contribution in [3.05, 3.63) is 29.3 Å². The first kappa shape index (κ1) is 16.2. The van der Waals surface area contributed by atoms with Crippen LogP contribution >= 0.6 is 12.4 Å². The van der Waals surface area contributed by atoms with Gasteiger partial charge >= 0.3 is 6.03 Å². The van der Waals surface area contributed by atoms with E-state index in [0.29, 0.717) is 12.2 Å². The minimum absolute atomic E-state index is 0. The number of carbonyl (C=O) groups is 1. The first-order valence-electron chi connectivity index (χ1n) is 5.47. The van der Waals surface area contributed by atoms with Crippen molar-refractivity contribution in [2.45, 2.75) is 20.8 Å². The van der Waals surface area contributed by atoms with Crippen LogP contribution in [0, 0.1) is 19.3 Å². The molecule has 5 nitrogen and oxygen atoms in total. The highest BCUT2D eigenvalue weighted by molar-refractivity contribution is 6.14. The van der Waals surface area contributed by atoms with Gasteiger partial charge < -0.3 is 11.1 Å². The van der Waals surface area contributed by atoms with Gasteiger partial charge in [-0.2, -0.15) is 0 Å². The highest BCUT2D eigenvalue weighted by Crippen LogP contribution is 2.24. The number of benzene rings is 1. The molecule has 0 atom stereocenters. The van der Waals surface area contributed by atoms with Gasteiger partial charge in [-0.25, -0.2) is 9.69 Å². The number of para-hydroxylation sites is 1. The number of guanidine groups is 1. The molecule has 0 aliphatic carbocycles.